The molecule has 0 saturated heterocycles. The molecule has 0 spiro atoms. The van der Waals surface area contributed by atoms with Crippen LogP contribution in [0, 0.1) is 0 Å². The summed E-state index contributed by atoms with van der Waals surface area (Å²) in [7, 11) is 1.46. The number of nitrogens with one attached hydrogen (secondary N) is 1. The van der Waals surface area contributed by atoms with E-state index in [1.807, 2.05) is 13.8 Å². The van der Waals surface area contributed by atoms with Crippen LogP contribution < -0.4 is 14.8 Å². The second kappa shape index (κ2) is 7.89. The average molecular weight is 370 g/mol. The van der Waals surface area contributed by atoms with Crippen molar-refractivity contribution < 1.29 is 22.6 Å². The minimum absolute atomic E-state index is 0.287. The van der Waals surface area contributed by atoms with Crippen molar-refractivity contribution in [3.8, 4) is 11.5 Å². The maximum atomic E-state index is 12.2. The lowest BCUT2D eigenvalue weighted by Gasteiger charge is -2.16. The molecule has 0 amide bonds. The van der Waals surface area contributed by atoms with Gasteiger partial charge in [-0.05, 0) is 33.6 Å². The second-order valence-corrected chi connectivity index (χ2v) is 5.71. The minimum Gasteiger partial charge on any atom is -0.493 e. The average Bonchev–Trinajstić information content (AvgIpc) is 2.36. The van der Waals surface area contributed by atoms with Crippen LogP contribution >= 0.6 is 15.9 Å². The maximum Gasteiger partial charge on any atom is 0.392 e. The van der Waals surface area contributed by atoms with Crippen LogP contribution in [0.5, 0.6) is 11.5 Å². The molecule has 0 aliphatic rings. The molecule has 0 aliphatic carbocycles. The van der Waals surface area contributed by atoms with Crippen molar-refractivity contribution in [2.45, 2.75) is 39.0 Å². The summed E-state index contributed by atoms with van der Waals surface area (Å²) < 4.78 is 47.4. The number of rotatable bonds is 7. The highest BCUT2D eigenvalue weighted by atomic mass is 79.9. The largest absolute Gasteiger partial charge is 0.493 e. The van der Waals surface area contributed by atoms with Crippen molar-refractivity contribution in [1.82, 2.24) is 5.32 Å². The first kappa shape index (κ1) is 18.1. The molecule has 1 aromatic carbocycles. The molecule has 1 rings (SSSR count). The van der Waals surface area contributed by atoms with Gasteiger partial charge in [-0.25, -0.2) is 0 Å². The van der Waals surface area contributed by atoms with Gasteiger partial charge in [0, 0.05) is 12.6 Å². The fourth-order valence-corrected chi connectivity index (χ4v) is 2.21. The van der Waals surface area contributed by atoms with Crippen LogP contribution in [0.3, 0.4) is 0 Å². The molecule has 0 radical (unpaired) electrons. The summed E-state index contributed by atoms with van der Waals surface area (Å²) in [6, 6.07) is 3.89. The second-order valence-electron chi connectivity index (χ2n) is 4.86. The van der Waals surface area contributed by atoms with Gasteiger partial charge in [0.15, 0.2) is 11.5 Å². The predicted molar refractivity (Wildman–Crippen MR) is 78.8 cm³/mol. The zero-order chi connectivity index (χ0) is 16.0. The lowest BCUT2D eigenvalue weighted by molar-refractivity contribution is -0.139. The van der Waals surface area contributed by atoms with E-state index in [4.69, 9.17) is 9.47 Å². The Morgan fingerprint density at radius 3 is 2.48 bits per heavy atom. The lowest BCUT2D eigenvalue weighted by Crippen LogP contribution is -2.21. The zero-order valence-corrected chi connectivity index (χ0v) is 13.8. The molecule has 0 heterocycles. The molecule has 3 nitrogen and oxygen atoms in total. The first-order valence-corrected chi connectivity index (χ1v) is 7.31. The van der Waals surface area contributed by atoms with Crippen molar-refractivity contribution in [1.29, 1.82) is 0 Å². The molecule has 0 saturated carbocycles. The summed E-state index contributed by atoms with van der Waals surface area (Å²) in [5, 5.41) is 3.26. The van der Waals surface area contributed by atoms with Gasteiger partial charge in [-0.1, -0.05) is 13.8 Å². The van der Waals surface area contributed by atoms with Gasteiger partial charge in [0.1, 0.15) is 0 Å². The predicted octanol–water partition coefficient (Wildman–Crippen LogP) is 4.29. The molecule has 7 heteroatoms. The molecule has 21 heavy (non-hydrogen) atoms. The Morgan fingerprint density at radius 2 is 1.95 bits per heavy atom. The van der Waals surface area contributed by atoms with Crippen molar-refractivity contribution in [3.63, 3.8) is 0 Å². The van der Waals surface area contributed by atoms with Crippen molar-refractivity contribution in [2.24, 2.45) is 0 Å². The van der Waals surface area contributed by atoms with Crippen LogP contribution in [0.25, 0.3) is 0 Å². The van der Waals surface area contributed by atoms with Gasteiger partial charge in [-0.3, -0.25) is 0 Å². The highest BCUT2D eigenvalue weighted by molar-refractivity contribution is 9.10. The Balaban J connectivity index is 2.79. The quantitative estimate of drug-likeness (QED) is 0.777. The Hall–Kier alpha value is -0.950. The summed E-state index contributed by atoms with van der Waals surface area (Å²) in [4.78, 5) is 0. The first-order chi connectivity index (χ1) is 9.73. The van der Waals surface area contributed by atoms with Crippen LogP contribution in [0.2, 0.25) is 0 Å². The van der Waals surface area contributed by atoms with E-state index in [9.17, 15) is 13.2 Å². The Morgan fingerprint density at radius 1 is 1.29 bits per heavy atom. The molecular weight excluding hydrogens is 351 g/mol. The van der Waals surface area contributed by atoms with Gasteiger partial charge >= 0.3 is 6.18 Å². The van der Waals surface area contributed by atoms with Gasteiger partial charge in [0.05, 0.1) is 24.6 Å². The SMILES string of the molecule is COc1cc(CNC(C)C)cc(Br)c1OCCC(F)(F)F. The fraction of sp³-hybridized carbons (Fsp3) is 0.571. The van der Waals surface area contributed by atoms with Gasteiger partial charge in [-0.2, -0.15) is 13.2 Å². The highest BCUT2D eigenvalue weighted by Gasteiger charge is 2.27. The number of hydrogen-bond donors (Lipinski definition) is 1. The minimum atomic E-state index is -4.24. The molecule has 0 fully saturated rings. The molecule has 0 aromatic heterocycles. The van der Waals surface area contributed by atoms with Crippen molar-refractivity contribution in [2.75, 3.05) is 13.7 Å². The van der Waals surface area contributed by atoms with Crippen molar-refractivity contribution >= 4 is 15.9 Å². The van der Waals surface area contributed by atoms with Crippen LogP contribution in [0.4, 0.5) is 13.2 Å². The standard InChI is InChI=1S/C14H19BrF3NO2/c1-9(2)19-8-10-6-11(15)13(12(7-10)20-3)21-5-4-14(16,17)18/h6-7,9,19H,4-5,8H2,1-3H3. The normalized spacial score (nSPS) is 11.8. The fourth-order valence-electron chi connectivity index (χ4n) is 1.61. The van der Waals surface area contributed by atoms with E-state index in [1.54, 1.807) is 12.1 Å². The summed E-state index contributed by atoms with van der Waals surface area (Å²) in [6.45, 7) is 4.25. The van der Waals surface area contributed by atoms with Gasteiger partial charge in [-0.15, -0.1) is 0 Å². The molecule has 0 atom stereocenters. The van der Waals surface area contributed by atoms with Crippen LogP contribution in [-0.4, -0.2) is 25.9 Å². The van der Waals surface area contributed by atoms with Gasteiger partial charge < -0.3 is 14.8 Å². The third kappa shape index (κ3) is 6.56. The number of ether oxygens (including phenoxy) is 2. The molecule has 120 valence electrons. The summed E-state index contributed by atoms with van der Waals surface area (Å²) >= 11 is 3.31. The van der Waals surface area contributed by atoms with E-state index in [1.165, 1.54) is 7.11 Å². The molecular formula is C14H19BrF3NO2. The molecule has 0 bridgehead atoms. The van der Waals surface area contributed by atoms with Crippen LogP contribution in [-0.2, 0) is 6.54 Å². The summed E-state index contributed by atoms with van der Waals surface area (Å²) in [5.74, 6) is 0.696. The first-order valence-electron chi connectivity index (χ1n) is 6.52. The number of alkyl halides is 3. The summed E-state index contributed by atoms with van der Waals surface area (Å²) in [6.07, 6.45) is -5.24. The number of hydrogen-bond acceptors (Lipinski definition) is 3. The monoisotopic (exact) mass is 369 g/mol. The molecule has 0 aliphatic heterocycles. The van der Waals surface area contributed by atoms with E-state index in [-0.39, 0.29) is 5.75 Å². The maximum absolute atomic E-state index is 12.2. The molecule has 1 N–H and O–H groups in total. The van der Waals surface area contributed by atoms with E-state index in [0.29, 0.717) is 22.8 Å². The van der Waals surface area contributed by atoms with Crippen LogP contribution in [0.15, 0.2) is 16.6 Å². The van der Waals surface area contributed by atoms with E-state index in [0.717, 1.165) is 5.56 Å². The van der Waals surface area contributed by atoms with E-state index in [2.05, 4.69) is 21.2 Å². The molecule has 1 aromatic rings. The third-order valence-corrected chi connectivity index (χ3v) is 3.22. The lowest BCUT2D eigenvalue weighted by atomic mass is 10.2. The zero-order valence-electron chi connectivity index (χ0n) is 12.2. The Bertz CT molecular complexity index is 464. The van der Waals surface area contributed by atoms with Gasteiger partial charge in [0.25, 0.3) is 0 Å². The smallest absolute Gasteiger partial charge is 0.392 e. The highest BCUT2D eigenvalue weighted by Crippen LogP contribution is 2.37. The Kier molecular flexibility index (Phi) is 6.80. The number of halogens is 4. The summed E-state index contributed by atoms with van der Waals surface area (Å²) in [5.41, 5.74) is 0.954. The van der Waals surface area contributed by atoms with Crippen LogP contribution in [0.1, 0.15) is 25.8 Å². The molecule has 0 unspecified atom stereocenters. The third-order valence-electron chi connectivity index (χ3n) is 2.64. The van der Waals surface area contributed by atoms with Crippen molar-refractivity contribution in [3.05, 3.63) is 22.2 Å². The van der Waals surface area contributed by atoms with E-state index >= 15 is 0 Å². The number of methoxy groups -OCH3 is 1. The van der Waals surface area contributed by atoms with Gasteiger partial charge in [0.2, 0.25) is 0 Å². The topological polar surface area (TPSA) is 30.5 Å². The Labute approximate surface area is 130 Å². The number of benzene rings is 1. The van der Waals surface area contributed by atoms with E-state index < -0.39 is 19.2 Å².